The lowest BCUT2D eigenvalue weighted by atomic mass is 10.3. The van der Waals surface area contributed by atoms with Gasteiger partial charge >= 0.3 is 0 Å². The zero-order valence-corrected chi connectivity index (χ0v) is 13.9. The van der Waals surface area contributed by atoms with E-state index < -0.39 is 0 Å². The number of aryl methyl sites for hydroxylation is 1. The molecule has 1 aliphatic heterocycles. The van der Waals surface area contributed by atoms with Gasteiger partial charge in [-0.25, -0.2) is 15.0 Å². The topological polar surface area (TPSA) is 70.1 Å². The quantitative estimate of drug-likeness (QED) is 0.921. The van der Waals surface area contributed by atoms with Crippen LogP contribution in [0.1, 0.15) is 19.5 Å². The number of hydrogen-bond donors (Lipinski definition) is 1. The van der Waals surface area contributed by atoms with E-state index in [1.807, 2.05) is 19.1 Å². The molecule has 0 bridgehead atoms. The third-order valence-corrected chi connectivity index (χ3v) is 3.68. The van der Waals surface area contributed by atoms with Gasteiger partial charge in [-0.1, -0.05) is 0 Å². The van der Waals surface area contributed by atoms with Gasteiger partial charge in [0.1, 0.15) is 5.82 Å². The van der Waals surface area contributed by atoms with Crippen LogP contribution in [0.3, 0.4) is 0 Å². The van der Waals surface area contributed by atoms with Crippen molar-refractivity contribution in [3.63, 3.8) is 0 Å². The molecule has 3 rings (SSSR count). The van der Waals surface area contributed by atoms with Crippen LogP contribution in [-0.4, -0.2) is 52.2 Å². The van der Waals surface area contributed by atoms with Crippen molar-refractivity contribution in [3.05, 3.63) is 30.2 Å². The number of nitrogens with one attached hydrogen (secondary N) is 1. The summed E-state index contributed by atoms with van der Waals surface area (Å²) in [6.07, 6.45) is 3.56. The molecule has 0 unspecified atom stereocenters. The maximum atomic E-state index is 4.65. The molecule has 1 N–H and O–H groups in total. The molecule has 0 radical (unpaired) electrons. The Morgan fingerprint density at radius 3 is 2.17 bits per heavy atom. The smallest absolute Gasteiger partial charge is 0.227 e. The van der Waals surface area contributed by atoms with Crippen LogP contribution in [0.15, 0.2) is 24.5 Å². The Kier molecular flexibility index (Phi) is 4.55. The van der Waals surface area contributed by atoms with Crippen LogP contribution >= 0.6 is 0 Å². The summed E-state index contributed by atoms with van der Waals surface area (Å²) in [5.41, 5.74) is 0.979. The SMILES string of the molecule is Cc1cc(NC(C)C)nc(N2CCN(c3ncccn3)CC2)n1. The molecule has 122 valence electrons. The van der Waals surface area contributed by atoms with Gasteiger partial charge in [-0.2, -0.15) is 4.98 Å². The molecule has 23 heavy (non-hydrogen) atoms. The summed E-state index contributed by atoms with van der Waals surface area (Å²) in [6, 6.07) is 4.17. The molecule has 0 amide bonds. The average Bonchev–Trinajstić information content (AvgIpc) is 2.55. The zero-order chi connectivity index (χ0) is 16.2. The molecule has 0 aromatic carbocycles. The zero-order valence-electron chi connectivity index (χ0n) is 13.9. The van der Waals surface area contributed by atoms with E-state index in [1.165, 1.54) is 0 Å². The van der Waals surface area contributed by atoms with E-state index in [1.54, 1.807) is 12.4 Å². The van der Waals surface area contributed by atoms with E-state index >= 15 is 0 Å². The van der Waals surface area contributed by atoms with E-state index in [-0.39, 0.29) is 0 Å². The number of hydrogen-bond acceptors (Lipinski definition) is 7. The van der Waals surface area contributed by atoms with Crippen LogP contribution < -0.4 is 15.1 Å². The molecule has 7 nitrogen and oxygen atoms in total. The number of anilines is 3. The van der Waals surface area contributed by atoms with Crippen molar-refractivity contribution in [2.45, 2.75) is 26.8 Å². The lowest BCUT2D eigenvalue weighted by Gasteiger charge is -2.34. The van der Waals surface area contributed by atoms with Crippen molar-refractivity contribution in [1.29, 1.82) is 0 Å². The van der Waals surface area contributed by atoms with Gasteiger partial charge in [-0.3, -0.25) is 0 Å². The second-order valence-corrected chi connectivity index (χ2v) is 6.02. The minimum atomic E-state index is 0.351. The highest BCUT2D eigenvalue weighted by atomic mass is 15.4. The predicted octanol–water partition coefficient (Wildman–Crippen LogP) is 1.72. The van der Waals surface area contributed by atoms with Crippen molar-refractivity contribution in [1.82, 2.24) is 19.9 Å². The molecule has 0 aliphatic carbocycles. The first-order valence-corrected chi connectivity index (χ1v) is 8.01. The summed E-state index contributed by atoms with van der Waals surface area (Å²) in [5, 5.41) is 3.35. The normalized spacial score (nSPS) is 15.1. The Morgan fingerprint density at radius 2 is 1.57 bits per heavy atom. The third kappa shape index (κ3) is 3.85. The van der Waals surface area contributed by atoms with Gasteiger partial charge in [-0.15, -0.1) is 0 Å². The van der Waals surface area contributed by atoms with Crippen molar-refractivity contribution < 1.29 is 0 Å². The number of nitrogens with zero attached hydrogens (tertiary/aromatic N) is 6. The molecular weight excluding hydrogens is 290 g/mol. The second-order valence-electron chi connectivity index (χ2n) is 6.02. The summed E-state index contributed by atoms with van der Waals surface area (Å²) in [5.74, 6) is 2.47. The maximum Gasteiger partial charge on any atom is 0.227 e. The Balaban J connectivity index is 1.69. The minimum absolute atomic E-state index is 0.351. The minimum Gasteiger partial charge on any atom is -0.368 e. The predicted molar refractivity (Wildman–Crippen MR) is 92.0 cm³/mol. The van der Waals surface area contributed by atoms with Gasteiger partial charge in [0.15, 0.2) is 0 Å². The molecule has 1 saturated heterocycles. The fourth-order valence-corrected chi connectivity index (χ4v) is 2.62. The molecule has 0 atom stereocenters. The lowest BCUT2D eigenvalue weighted by Crippen LogP contribution is -2.47. The van der Waals surface area contributed by atoms with Crippen LogP contribution in [0.4, 0.5) is 17.7 Å². The van der Waals surface area contributed by atoms with Crippen LogP contribution in [0.5, 0.6) is 0 Å². The van der Waals surface area contributed by atoms with Gasteiger partial charge in [0.25, 0.3) is 0 Å². The van der Waals surface area contributed by atoms with Crippen LogP contribution in [0.2, 0.25) is 0 Å². The molecule has 2 aromatic heterocycles. The van der Waals surface area contributed by atoms with Gasteiger partial charge in [0.2, 0.25) is 11.9 Å². The monoisotopic (exact) mass is 313 g/mol. The van der Waals surface area contributed by atoms with Crippen molar-refractivity contribution in [2.24, 2.45) is 0 Å². The molecule has 0 saturated carbocycles. The summed E-state index contributed by atoms with van der Waals surface area (Å²) in [4.78, 5) is 22.3. The second kappa shape index (κ2) is 6.76. The van der Waals surface area contributed by atoms with Crippen molar-refractivity contribution in [2.75, 3.05) is 41.3 Å². The first kappa shape index (κ1) is 15.5. The standard InChI is InChI=1S/C16H23N7/c1-12(2)19-14-11-13(3)20-16(21-14)23-9-7-22(8-10-23)15-17-5-4-6-18-15/h4-6,11-12H,7-10H2,1-3H3,(H,19,20,21). The number of aromatic nitrogens is 4. The van der Waals surface area contributed by atoms with Crippen LogP contribution in [0.25, 0.3) is 0 Å². The summed E-state index contributed by atoms with van der Waals surface area (Å²) >= 11 is 0. The fraction of sp³-hybridized carbons (Fsp3) is 0.500. The first-order valence-electron chi connectivity index (χ1n) is 8.01. The molecule has 7 heteroatoms. The van der Waals surface area contributed by atoms with Crippen LogP contribution in [0, 0.1) is 6.92 Å². The molecule has 2 aromatic rings. The van der Waals surface area contributed by atoms with Crippen molar-refractivity contribution >= 4 is 17.7 Å². The van der Waals surface area contributed by atoms with E-state index in [2.05, 4.69) is 48.9 Å². The molecule has 0 spiro atoms. The first-order chi connectivity index (χ1) is 11.1. The molecule has 1 fully saturated rings. The summed E-state index contributed by atoms with van der Waals surface area (Å²) < 4.78 is 0. The van der Waals surface area contributed by atoms with E-state index in [0.717, 1.165) is 49.6 Å². The largest absolute Gasteiger partial charge is 0.368 e. The third-order valence-electron chi connectivity index (χ3n) is 3.68. The highest BCUT2D eigenvalue weighted by molar-refractivity contribution is 5.45. The molecular formula is C16H23N7. The van der Waals surface area contributed by atoms with Crippen LogP contribution in [-0.2, 0) is 0 Å². The lowest BCUT2D eigenvalue weighted by molar-refractivity contribution is 0.627. The van der Waals surface area contributed by atoms with E-state index in [9.17, 15) is 0 Å². The Morgan fingerprint density at radius 1 is 0.957 bits per heavy atom. The average molecular weight is 313 g/mol. The van der Waals surface area contributed by atoms with E-state index in [4.69, 9.17) is 0 Å². The van der Waals surface area contributed by atoms with Gasteiger partial charge < -0.3 is 15.1 Å². The highest BCUT2D eigenvalue weighted by Gasteiger charge is 2.21. The summed E-state index contributed by atoms with van der Waals surface area (Å²) in [7, 11) is 0. The van der Waals surface area contributed by atoms with Gasteiger partial charge in [0.05, 0.1) is 0 Å². The van der Waals surface area contributed by atoms with Gasteiger partial charge in [-0.05, 0) is 26.8 Å². The Bertz CT molecular complexity index is 636. The number of rotatable bonds is 4. The van der Waals surface area contributed by atoms with E-state index in [0.29, 0.717) is 6.04 Å². The molecule has 1 aliphatic rings. The highest BCUT2D eigenvalue weighted by Crippen LogP contribution is 2.17. The Labute approximate surface area is 136 Å². The molecule has 3 heterocycles. The maximum absolute atomic E-state index is 4.65. The fourth-order valence-electron chi connectivity index (χ4n) is 2.62. The Hall–Kier alpha value is -2.44. The van der Waals surface area contributed by atoms with Gasteiger partial charge in [0, 0.05) is 56.4 Å². The van der Waals surface area contributed by atoms with Crippen molar-refractivity contribution in [3.8, 4) is 0 Å². The number of piperazine rings is 1. The summed E-state index contributed by atoms with van der Waals surface area (Å²) in [6.45, 7) is 9.68.